The van der Waals surface area contributed by atoms with Gasteiger partial charge in [-0.15, -0.1) is 0 Å². The SMILES string of the molecule is CCOC(=O)C1=C(CN2CCC(C(=O)OCC)CC2)N(C)C(=O)N[C@@H]1c1ccc(C(C)(C)C)cc1. The fraction of sp³-hybridized carbons (Fsp3) is 0.593. The van der Waals surface area contributed by atoms with E-state index in [1.807, 2.05) is 31.2 Å². The highest BCUT2D eigenvalue weighted by Gasteiger charge is 2.38. The van der Waals surface area contributed by atoms with E-state index in [-0.39, 0.29) is 29.9 Å². The molecule has 2 aliphatic rings. The number of carbonyl (C=O) groups is 3. The van der Waals surface area contributed by atoms with Gasteiger partial charge in [0.25, 0.3) is 0 Å². The number of likely N-dealkylation sites (N-methyl/N-ethyl adjacent to an activating group) is 1. The number of carbonyl (C=O) groups excluding carboxylic acids is 3. The molecule has 1 N–H and O–H groups in total. The van der Waals surface area contributed by atoms with E-state index in [2.05, 4.69) is 31.0 Å². The molecule has 1 aromatic carbocycles. The molecule has 8 nitrogen and oxygen atoms in total. The molecule has 0 unspecified atom stereocenters. The first-order valence-corrected chi connectivity index (χ1v) is 12.5. The van der Waals surface area contributed by atoms with Gasteiger partial charge in [-0.3, -0.25) is 14.6 Å². The smallest absolute Gasteiger partial charge is 0.338 e. The Balaban J connectivity index is 1.91. The number of hydrogen-bond donors (Lipinski definition) is 1. The van der Waals surface area contributed by atoms with Crippen LogP contribution in [0, 0.1) is 5.92 Å². The Morgan fingerprint density at radius 3 is 2.17 bits per heavy atom. The molecule has 3 rings (SSSR count). The summed E-state index contributed by atoms with van der Waals surface area (Å²) in [6.45, 7) is 12.4. The lowest BCUT2D eigenvalue weighted by atomic mass is 9.85. The van der Waals surface area contributed by atoms with Crippen molar-refractivity contribution >= 4 is 18.0 Å². The zero-order chi connectivity index (χ0) is 25.8. The monoisotopic (exact) mass is 485 g/mol. The summed E-state index contributed by atoms with van der Waals surface area (Å²) in [5.41, 5.74) is 3.08. The Kier molecular flexibility index (Phi) is 8.59. The molecule has 2 amide bonds. The van der Waals surface area contributed by atoms with Gasteiger partial charge < -0.3 is 14.8 Å². The molecule has 1 aromatic rings. The van der Waals surface area contributed by atoms with Gasteiger partial charge in [0.15, 0.2) is 0 Å². The normalized spacial score (nSPS) is 20.0. The lowest BCUT2D eigenvalue weighted by molar-refractivity contribution is -0.149. The van der Waals surface area contributed by atoms with E-state index in [4.69, 9.17) is 9.47 Å². The van der Waals surface area contributed by atoms with Crippen molar-refractivity contribution in [1.82, 2.24) is 15.1 Å². The number of nitrogens with one attached hydrogen (secondary N) is 1. The number of likely N-dealkylation sites (tertiary alicyclic amines) is 1. The van der Waals surface area contributed by atoms with Gasteiger partial charge in [0, 0.05) is 19.3 Å². The topological polar surface area (TPSA) is 88.2 Å². The summed E-state index contributed by atoms with van der Waals surface area (Å²) in [4.78, 5) is 41.9. The summed E-state index contributed by atoms with van der Waals surface area (Å²) < 4.78 is 10.6. The molecule has 1 saturated heterocycles. The van der Waals surface area contributed by atoms with E-state index in [1.165, 1.54) is 10.5 Å². The third-order valence-corrected chi connectivity index (χ3v) is 6.76. The fourth-order valence-corrected chi connectivity index (χ4v) is 4.62. The molecule has 8 heteroatoms. The molecule has 0 radical (unpaired) electrons. The van der Waals surface area contributed by atoms with E-state index < -0.39 is 12.0 Å². The molecule has 1 atom stereocenters. The maximum atomic E-state index is 13.2. The summed E-state index contributed by atoms with van der Waals surface area (Å²) in [7, 11) is 1.67. The Bertz CT molecular complexity index is 956. The Morgan fingerprint density at radius 1 is 1.03 bits per heavy atom. The third-order valence-electron chi connectivity index (χ3n) is 6.76. The third kappa shape index (κ3) is 6.23. The molecular weight excluding hydrogens is 446 g/mol. The van der Waals surface area contributed by atoms with Gasteiger partial charge in [0.05, 0.1) is 30.7 Å². The van der Waals surface area contributed by atoms with E-state index in [0.717, 1.165) is 5.56 Å². The maximum absolute atomic E-state index is 13.2. The van der Waals surface area contributed by atoms with Crippen molar-refractivity contribution in [3.8, 4) is 0 Å². The highest BCUT2D eigenvalue weighted by Crippen LogP contribution is 2.33. The molecule has 0 aromatic heterocycles. The largest absolute Gasteiger partial charge is 0.466 e. The maximum Gasteiger partial charge on any atom is 0.338 e. The first kappa shape index (κ1) is 26.7. The van der Waals surface area contributed by atoms with Crippen LogP contribution in [0.5, 0.6) is 0 Å². The molecule has 0 aliphatic carbocycles. The second-order valence-corrected chi connectivity index (χ2v) is 10.2. The van der Waals surface area contributed by atoms with Crippen LogP contribution >= 0.6 is 0 Å². The predicted molar refractivity (Wildman–Crippen MR) is 134 cm³/mol. The standard InChI is InChI=1S/C27H39N3O5/c1-7-34-24(31)19-13-15-30(16-14-19)17-21-22(25(32)35-8-2)23(28-26(33)29(21)6)18-9-11-20(12-10-18)27(3,4)5/h9-12,19,23H,7-8,13-17H2,1-6H3,(H,28,33)/t23-/m1/s1. The van der Waals surface area contributed by atoms with Gasteiger partial charge in [-0.1, -0.05) is 45.0 Å². The molecule has 0 spiro atoms. The van der Waals surface area contributed by atoms with Crippen molar-refractivity contribution in [2.45, 2.75) is 58.9 Å². The second kappa shape index (κ2) is 11.2. The van der Waals surface area contributed by atoms with Crippen molar-refractivity contribution in [1.29, 1.82) is 0 Å². The van der Waals surface area contributed by atoms with Crippen LogP contribution in [-0.4, -0.2) is 67.7 Å². The number of benzene rings is 1. The average Bonchev–Trinajstić information content (AvgIpc) is 2.82. The van der Waals surface area contributed by atoms with Gasteiger partial charge in [-0.25, -0.2) is 9.59 Å². The van der Waals surface area contributed by atoms with Crippen LogP contribution in [0.25, 0.3) is 0 Å². The Labute approximate surface area is 208 Å². The van der Waals surface area contributed by atoms with E-state index in [9.17, 15) is 14.4 Å². The van der Waals surface area contributed by atoms with Crippen LogP contribution < -0.4 is 5.32 Å². The van der Waals surface area contributed by atoms with Crippen LogP contribution in [0.1, 0.15) is 64.6 Å². The highest BCUT2D eigenvalue weighted by atomic mass is 16.5. The molecule has 35 heavy (non-hydrogen) atoms. The predicted octanol–water partition coefficient (Wildman–Crippen LogP) is 3.77. The summed E-state index contributed by atoms with van der Waals surface area (Å²) in [5.74, 6) is -0.682. The van der Waals surface area contributed by atoms with Crippen LogP contribution in [0.2, 0.25) is 0 Å². The van der Waals surface area contributed by atoms with Crippen molar-refractivity contribution in [3.05, 3.63) is 46.7 Å². The molecule has 192 valence electrons. The molecule has 1 fully saturated rings. The van der Waals surface area contributed by atoms with Gasteiger partial charge in [0.1, 0.15) is 0 Å². The Morgan fingerprint density at radius 2 is 1.63 bits per heavy atom. The van der Waals surface area contributed by atoms with Crippen LogP contribution in [0.4, 0.5) is 4.79 Å². The average molecular weight is 486 g/mol. The van der Waals surface area contributed by atoms with Crippen LogP contribution in [0.3, 0.4) is 0 Å². The number of esters is 2. The summed E-state index contributed by atoms with van der Waals surface area (Å²) in [6.07, 6.45) is 1.38. The Hall–Kier alpha value is -2.87. The zero-order valence-corrected chi connectivity index (χ0v) is 21.8. The number of nitrogens with zero attached hydrogens (tertiary/aromatic N) is 2. The first-order valence-electron chi connectivity index (χ1n) is 12.5. The highest BCUT2D eigenvalue weighted by molar-refractivity contribution is 5.95. The second-order valence-electron chi connectivity index (χ2n) is 10.2. The number of piperidine rings is 1. The number of hydrogen-bond acceptors (Lipinski definition) is 6. The van der Waals surface area contributed by atoms with E-state index >= 15 is 0 Å². The molecule has 0 saturated carbocycles. The molecule has 2 aliphatic heterocycles. The minimum atomic E-state index is -0.598. The number of urea groups is 1. The minimum Gasteiger partial charge on any atom is -0.466 e. The lowest BCUT2D eigenvalue weighted by Crippen LogP contribution is -2.50. The quantitative estimate of drug-likeness (QED) is 0.592. The first-order chi connectivity index (χ1) is 16.6. The number of rotatable bonds is 7. The summed E-state index contributed by atoms with van der Waals surface area (Å²) >= 11 is 0. The van der Waals surface area contributed by atoms with Crippen molar-refractivity contribution < 1.29 is 23.9 Å². The molecule has 2 heterocycles. The summed E-state index contributed by atoms with van der Waals surface area (Å²) in [6, 6.07) is 7.17. The van der Waals surface area contributed by atoms with Gasteiger partial charge in [0.2, 0.25) is 0 Å². The lowest BCUT2D eigenvalue weighted by Gasteiger charge is -2.38. The van der Waals surface area contributed by atoms with E-state index in [1.54, 1.807) is 14.0 Å². The van der Waals surface area contributed by atoms with Crippen molar-refractivity contribution in [2.75, 3.05) is 39.9 Å². The number of ether oxygens (including phenoxy) is 2. The van der Waals surface area contributed by atoms with Gasteiger partial charge in [-0.2, -0.15) is 0 Å². The van der Waals surface area contributed by atoms with Gasteiger partial charge >= 0.3 is 18.0 Å². The fourth-order valence-electron chi connectivity index (χ4n) is 4.62. The van der Waals surface area contributed by atoms with Crippen LogP contribution in [0.15, 0.2) is 35.5 Å². The van der Waals surface area contributed by atoms with Crippen molar-refractivity contribution in [3.63, 3.8) is 0 Å². The summed E-state index contributed by atoms with van der Waals surface area (Å²) in [5, 5.41) is 2.98. The molecule has 0 bridgehead atoms. The van der Waals surface area contributed by atoms with Crippen molar-refractivity contribution in [2.24, 2.45) is 5.92 Å². The number of amides is 2. The van der Waals surface area contributed by atoms with E-state index in [0.29, 0.717) is 50.4 Å². The van der Waals surface area contributed by atoms with Crippen LogP contribution in [-0.2, 0) is 24.5 Å². The van der Waals surface area contributed by atoms with Gasteiger partial charge in [-0.05, 0) is 56.3 Å². The minimum absolute atomic E-state index is 0.00476. The zero-order valence-electron chi connectivity index (χ0n) is 21.8. The molecular formula is C27H39N3O5.